The second kappa shape index (κ2) is 7.93. The summed E-state index contributed by atoms with van der Waals surface area (Å²) in [6.07, 6.45) is 2.18. The van der Waals surface area contributed by atoms with Crippen molar-refractivity contribution in [3.05, 3.63) is 65.2 Å². The molecule has 6 nitrogen and oxygen atoms in total. The van der Waals surface area contributed by atoms with Crippen LogP contribution in [0, 0.1) is 5.82 Å². The molecule has 2 aromatic rings. The molecule has 0 atom stereocenters. The zero-order valence-electron chi connectivity index (χ0n) is 15.7. The van der Waals surface area contributed by atoms with Crippen molar-refractivity contribution in [2.24, 2.45) is 0 Å². The molecule has 0 saturated heterocycles. The highest BCUT2D eigenvalue weighted by Gasteiger charge is 2.34. The van der Waals surface area contributed by atoms with Crippen LogP contribution in [0.2, 0.25) is 0 Å². The Kier molecular flexibility index (Phi) is 5.60. The van der Waals surface area contributed by atoms with E-state index in [1.54, 1.807) is 30.5 Å². The molecule has 1 aliphatic rings. The van der Waals surface area contributed by atoms with Gasteiger partial charge in [-0.25, -0.2) is 9.37 Å². The molecule has 5 N–H and O–H groups in total. The van der Waals surface area contributed by atoms with E-state index in [-0.39, 0.29) is 16.6 Å². The van der Waals surface area contributed by atoms with E-state index in [0.29, 0.717) is 30.1 Å². The van der Waals surface area contributed by atoms with Crippen LogP contribution in [0.15, 0.2) is 53.9 Å². The number of hydrogen-bond donors (Lipinski definition) is 4. The van der Waals surface area contributed by atoms with Crippen molar-refractivity contribution in [1.82, 2.24) is 15.6 Å². The maximum absolute atomic E-state index is 14.0. The number of nitrogens with two attached hydrogens (primary N) is 1. The zero-order chi connectivity index (χ0) is 20.3. The molecular formula is C20H22FN5OS. The van der Waals surface area contributed by atoms with Crippen molar-refractivity contribution in [3.8, 4) is 0 Å². The Hall–Kier alpha value is -3.00. The highest BCUT2D eigenvalue weighted by Crippen LogP contribution is 2.25. The summed E-state index contributed by atoms with van der Waals surface area (Å²) >= 11 is 5.43. The molecule has 146 valence electrons. The van der Waals surface area contributed by atoms with Crippen LogP contribution in [0.1, 0.15) is 25.8 Å². The number of pyridine rings is 1. The van der Waals surface area contributed by atoms with Gasteiger partial charge in [-0.05, 0) is 43.7 Å². The van der Waals surface area contributed by atoms with Gasteiger partial charge in [0.25, 0.3) is 5.91 Å². The van der Waals surface area contributed by atoms with Crippen molar-refractivity contribution in [3.63, 3.8) is 0 Å². The first-order valence-corrected chi connectivity index (χ1v) is 9.22. The highest BCUT2D eigenvalue weighted by molar-refractivity contribution is 7.81. The third-order valence-corrected chi connectivity index (χ3v) is 4.61. The molecule has 0 fully saturated rings. The van der Waals surface area contributed by atoms with Gasteiger partial charge in [0.2, 0.25) is 0 Å². The topological polar surface area (TPSA) is 92.1 Å². The summed E-state index contributed by atoms with van der Waals surface area (Å²) in [6.45, 7) is 4.32. The molecule has 0 saturated carbocycles. The molecule has 0 aliphatic carbocycles. The van der Waals surface area contributed by atoms with Gasteiger partial charge in [0.15, 0.2) is 0 Å². The average Bonchev–Trinajstić information content (AvgIpc) is 2.60. The number of nitrogen functional groups attached to an aromatic ring is 1. The van der Waals surface area contributed by atoms with Gasteiger partial charge in [0, 0.05) is 30.4 Å². The number of nitrogens with one attached hydrogen (secondary N) is 3. The number of para-hydroxylation sites is 1. The van der Waals surface area contributed by atoms with Crippen LogP contribution >= 0.6 is 12.2 Å². The van der Waals surface area contributed by atoms with Crippen molar-refractivity contribution in [1.29, 1.82) is 0 Å². The van der Waals surface area contributed by atoms with Crippen molar-refractivity contribution in [2.75, 3.05) is 11.1 Å². The van der Waals surface area contributed by atoms with Crippen LogP contribution in [0.4, 0.5) is 15.9 Å². The molecule has 0 spiro atoms. The number of amides is 1. The lowest BCUT2D eigenvalue weighted by Gasteiger charge is -2.34. The first-order chi connectivity index (χ1) is 13.2. The van der Waals surface area contributed by atoms with Crippen LogP contribution in [-0.4, -0.2) is 21.4 Å². The summed E-state index contributed by atoms with van der Waals surface area (Å²) in [5, 5.41) is 9.08. The Morgan fingerprint density at radius 1 is 1.36 bits per heavy atom. The van der Waals surface area contributed by atoms with E-state index in [4.69, 9.17) is 18.0 Å². The van der Waals surface area contributed by atoms with Crippen molar-refractivity contribution < 1.29 is 9.18 Å². The Bertz CT molecular complexity index is 957. The van der Waals surface area contributed by atoms with Crippen molar-refractivity contribution in [2.45, 2.75) is 32.4 Å². The van der Waals surface area contributed by atoms with Gasteiger partial charge in [-0.15, -0.1) is 0 Å². The fourth-order valence-corrected chi connectivity index (χ4v) is 3.36. The molecule has 1 aromatic carbocycles. The minimum atomic E-state index is -0.441. The van der Waals surface area contributed by atoms with Crippen LogP contribution in [0.5, 0.6) is 0 Å². The van der Waals surface area contributed by atoms with Gasteiger partial charge in [-0.2, -0.15) is 0 Å². The summed E-state index contributed by atoms with van der Waals surface area (Å²) in [5.41, 5.74) is 7.44. The van der Waals surface area contributed by atoms with E-state index < -0.39 is 11.4 Å². The smallest absolute Gasteiger partial charge is 0.256 e. The first-order valence-electron chi connectivity index (χ1n) is 8.81. The predicted octanol–water partition coefficient (Wildman–Crippen LogP) is 2.88. The molecule has 2 heterocycles. The molecule has 1 amide bonds. The molecule has 3 rings (SSSR count). The van der Waals surface area contributed by atoms with E-state index >= 15 is 0 Å². The SMILES string of the molecule is CC1(C)CC(NCc2ccnc(N)c2)=C(C(=S)Nc2ccccc2F)C(=O)N1. The first kappa shape index (κ1) is 19.8. The van der Waals surface area contributed by atoms with Crippen LogP contribution < -0.4 is 21.7 Å². The second-order valence-corrected chi connectivity index (χ2v) is 7.65. The Morgan fingerprint density at radius 2 is 2.11 bits per heavy atom. The quantitative estimate of drug-likeness (QED) is 0.578. The summed E-state index contributed by atoms with van der Waals surface area (Å²) in [6, 6.07) is 9.78. The lowest BCUT2D eigenvalue weighted by molar-refractivity contribution is -0.119. The second-order valence-electron chi connectivity index (χ2n) is 7.24. The molecule has 28 heavy (non-hydrogen) atoms. The molecule has 0 bridgehead atoms. The lowest BCUT2D eigenvalue weighted by Crippen LogP contribution is -2.51. The van der Waals surface area contributed by atoms with Gasteiger partial charge in [0.05, 0.1) is 11.3 Å². The van der Waals surface area contributed by atoms with Gasteiger partial charge < -0.3 is 21.7 Å². The maximum atomic E-state index is 14.0. The molecule has 1 aromatic heterocycles. The lowest BCUT2D eigenvalue weighted by atomic mass is 9.90. The summed E-state index contributed by atoms with van der Waals surface area (Å²) in [5.74, 6) is -0.322. The zero-order valence-corrected chi connectivity index (χ0v) is 16.5. The standard InChI is InChI=1S/C20H22FN5OS/c1-20(2)10-15(24-11-12-7-8-23-16(22)9-12)17(18(27)26-20)19(28)25-14-6-4-3-5-13(14)21/h3-9,24H,10-11H2,1-2H3,(H2,22,23)(H,25,28)(H,26,27). The monoisotopic (exact) mass is 399 g/mol. The third kappa shape index (κ3) is 4.64. The number of rotatable bonds is 5. The fourth-order valence-electron chi connectivity index (χ4n) is 3.03. The number of carbonyl (C=O) groups excluding carboxylic acids is 1. The highest BCUT2D eigenvalue weighted by atomic mass is 32.1. The van der Waals surface area contributed by atoms with Gasteiger partial charge >= 0.3 is 0 Å². The molecular weight excluding hydrogens is 377 g/mol. The number of benzene rings is 1. The molecule has 0 radical (unpaired) electrons. The summed E-state index contributed by atoms with van der Waals surface area (Å²) in [4.78, 5) is 16.9. The van der Waals surface area contributed by atoms with Gasteiger partial charge in [-0.3, -0.25) is 4.79 Å². The van der Waals surface area contributed by atoms with Gasteiger partial charge in [0.1, 0.15) is 16.6 Å². The molecule has 1 aliphatic heterocycles. The number of hydrogen-bond acceptors (Lipinski definition) is 5. The van der Waals surface area contributed by atoms with E-state index in [1.807, 2.05) is 19.9 Å². The van der Waals surface area contributed by atoms with E-state index in [9.17, 15) is 9.18 Å². The number of anilines is 2. The predicted molar refractivity (Wildman–Crippen MR) is 112 cm³/mol. The Labute approximate surface area is 168 Å². The average molecular weight is 399 g/mol. The Balaban J connectivity index is 1.88. The minimum Gasteiger partial charge on any atom is -0.384 e. The van der Waals surface area contributed by atoms with Crippen LogP contribution in [0.25, 0.3) is 0 Å². The number of aromatic nitrogens is 1. The normalized spacial score (nSPS) is 15.8. The van der Waals surface area contributed by atoms with Crippen LogP contribution in [0.3, 0.4) is 0 Å². The van der Waals surface area contributed by atoms with Gasteiger partial charge in [-0.1, -0.05) is 24.4 Å². The molecule has 8 heteroatoms. The van der Waals surface area contributed by atoms with Crippen molar-refractivity contribution >= 4 is 34.6 Å². The third-order valence-electron chi connectivity index (χ3n) is 4.30. The van der Waals surface area contributed by atoms with E-state index in [2.05, 4.69) is 20.9 Å². The molecule has 0 unspecified atom stereocenters. The number of halogens is 1. The summed E-state index contributed by atoms with van der Waals surface area (Å²) in [7, 11) is 0. The van der Waals surface area contributed by atoms with Crippen LogP contribution in [-0.2, 0) is 11.3 Å². The number of carbonyl (C=O) groups is 1. The maximum Gasteiger partial charge on any atom is 0.256 e. The van der Waals surface area contributed by atoms with E-state index in [0.717, 1.165) is 5.56 Å². The Morgan fingerprint density at radius 3 is 2.82 bits per heavy atom. The fraction of sp³-hybridized carbons (Fsp3) is 0.250. The largest absolute Gasteiger partial charge is 0.384 e. The summed E-state index contributed by atoms with van der Waals surface area (Å²) < 4.78 is 14.0. The minimum absolute atomic E-state index is 0.162. The van der Waals surface area contributed by atoms with E-state index in [1.165, 1.54) is 6.07 Å². The number of nitrogens with zero attached hydrogens (tertiary/aromatic N) is 1. The number of thiocarbonyl (C=S) groups is 1.